The average molecular weight is 446 g/mol. The fraction of sp³-hybridized carbons (Fsp3) is 0.619. The Hall–Kier alpha value is -2.33. The first kappa shape index (κ1) is 24.9. The summed E-state index contributed by atoms with van der Waals surface area (Å²) in [5.74, 6) is -1.31. The molecular formula is C21H29F3N2O5. The number of benzene rings is 1. The number of hydrogen-bond acceptors (Lipinski definition) is 5. The van der Waals surface area contributed by atoms with Crippen LogP contribution >= 0.6 is 0 Å². The van der Waals surface area contributed by atoms with Gasteiger partial charge in [0.1, 0.15) is 5.75 Å². The standard InChI is InChI=1S/C19H28N2O3.C2HF3O2/c1-4-20-12-16-17(13-20)21(9-8-18(16)24-3)19(22)11-14-6-5-7-15(10-14)23-2;3-2(4,5)1(6)7/h5-7,10,16-18H,4,8-9,11-13H2,1-3H3;(H,6,7)/t16-,17+,18+;/m0./s1. The van der Waals surface area contributed by atoms with Crippen LogP contribution in [0.15, 0.2) is 24.3 Å². The van der Waals surface area contributed by atoms with E-state index in [0.29, 0.717) is 12.3 Å². The van der Waals surface area contributed by atoms with E-state index in [0.717, 1.165) is 43.9 Å². The molecule has 1 amide bonds. The average Bonchev–Trinajstić information content (AvgIpc) is 3.17. The molecule has 1 aromatic carbocycles. The monoisotopic (exact) mass is 446 g/mol. The lowest BCUT2D eigenvalue weighted by molar-refractivity contribution is -0.192. The molecule has 31 heavy (non-hydrogen) atoms. The highest BCUT2D eigenvalue weighted by Crippen LogP contribution is 2.32. The van der Waals surface area contributed by atoms with Gasteiger partial charge in [0.05, 0.1) is 25.7 Å². The molecule has 0 bridgehead atoms. The molecule has 0 aliphatic carbocycles. The third-order valence-corrected chi connectivity index (χ3v) is 5.74. The molecule has 0 aromatic heterocycles. The maximum atomic E-state index is 12.9. The first-order valence-electron chi connectivity index (χ1n) is 10.1. The van der Waals surface area contributed by atoms with Gasteiger partial charge in [0.15, 0.2) is 0 Å². The van der Waals surface area contributed by atoms with Crippen LogP contribution in [0, 0.1) is 5.92 Å². The largest absolute Gasteiger partial charge is 0.497 e. The van der Waals surface area contributed by atoms with Crippen LogP contribution in [0.25, 0.3) is 0 Å². The molecule has 1 aromatic rings. The van der Waals surface area contributed by atoms with E-state index in [4.69, 9.17) is 19.4 Å². The predicted molar refractivity (Wildman–Crippen MR) is 107 cm³/mol. The molecule has 2 fully saturated rings. The molecule has 0 spiro atoms. The van der Waals surface area contributed by atoms with Crippen molar-refractivity contribution in [3.05, 3.63) is 29.8 Å². The van der Waals surface area contributed by atoms with E-state index >= 15 is 0 Å². The SMILES string of the molecule is CCN1C[C@H]2[C@@H](C1)N(C(=O)Cc1cccc(OC)c1)CC[C@H]2OC.O=C(O)C(F)(F)F. The second-order valence-corrected chi connectivity index (χ2v) is 7.56. The van der Waals surface area contributed by atoms with Gasteiger partial charge in [-0.1, -0.05) is 19.1 Å². The van der Waals surface area contributed by atoms with Gasteiger partial charge >= 0.3 is 12.1 Å². The smallest absolute Gasteiger partial charge is 0.490 e. The second-order valence-electron chi connectivity index (χ2n) is 7.56. The number of methoxy groups -OCH3 is 2. The molecule has 3 rings (SSSR count). The maximum Gasteiger partial charge on any atom is 0.490 e. The number of likely N-dealkylation sites (tertiary alicyclic amines) is 2. The summed E-state index contributed by atoms with van der Waals surface area (Å²) in [7, 11) is 3.45. The number of piperidine rings is 1. The third-order valence-electron chi connectivity index (χ3n) is 5.74. The van der Waals surface area contributed by atoms with E-state index < -0.39 is 12.1 Å². The lowest BCUT2D eigenvalue weighted by atomic mass is 9.88. The summed E-state index contributed by atoms with van der Waals surface area (Å²) in [4.78, 5) is 26.3. The predicted octanol–water partition coefficient (Wildman–Crippen LogP) is 2.44. The van der Waals surface area contributed by atoms with Crippen molar-refractivity contribution in [3.8, 4) is 5.75 Å². The zero-order valence-corrected chi connectivity index (χ0v) is 17.9. The highest BCUT2D eigenvalue weighted by atomic mass is 19.4. The van der Waals surface area contributed by atoms with Crippen LogP contribution in [0.5, 0.6) is 5.75 Å². The lowest BCUT2D eigenvalue weighted by Gasteiger charge is -2.41. The molecule has 2 heterocycles. The van der Waals surface area contributed by atoms with Crippen molar-refractivity contribution in [1.82, 2.24) is 9.80 Å². The van der Waals surface area contributed by atoms with Crippen LogP contribution in [0.2, 0.25) is 0 Å². The number of carbonyl (C=O) groups excluding carboxylic acids is 1. The number of carbonyl (C=O) groups is 2. The van der Waals surface area contributed by atoms with Crippen molar-refractivity contribution < 1.29 is 37.3 Å². The summed E-state index contributed by atoms with van der Waals surface area (Å²) in [6.07, 6.45) is -3.45. The van der Waals surface area contributed by atoms with Crippen molar-refractivity contribution in [2.45, 2.75) is 38.1 Å². The number of amides is 1. The van der Waals surface area contributed by atoms with E-state index in [-0.39, 0.29) is 18.1 Å². The number of fused-ring (bicyclic) bond motifs is 1. The molecule has 1 N–H and O–H groups in total. The van der Waals surface area contributed by atoms with Crippen LogP contribution in [0.3, 0.4) is 0 Å². The number of rotatable bonds is 5. The number of ether oxygens (including phenoxy) is 2. The van der Waals surface area contributed by atoms with E-state index in [2.05, 4.69) is 16.7 Å². The number of carboxylic acid groups (broad SMARTS) is 1. The number of nitrogens with zero attached hydrogens (tertiary/aromatic N) is 2. The van der Waals surface area contributed by atoms with Crippen LogP contribution in [-0.2, 0) is 20.7 Å². The highest BCUT2D eigenvalue weighted by Gasteiger charge is 2.45. The number of hydrogen-bond donors (Lipinski definition) is 1. The zero-order valence-electron chi connectivity index (χ0n) is 17.9. The van der Waals surface area contributed by atoms with Gasteiger partial charge in [-0.05, 0) is 30.7 Å². The fourth-order valence-electron chi connectivity index (χ4n) is 4.15. The maximum absolute atomic E-state index is 12.9. The van der Waals surface area contributed by atoms with Gasteiger partial charge in [0.25, 0.3) is 0 Å². The summed E-state index contributed by atoms with van der Waals surface area (Å²) in [5, 5.41) is 7.12. The van der Waals surface area contributed by atoms with Gasteiger partial charge in [-0.15, -0.1) is 0 Å². The normalized spacial score (nSPS) is 23.5. The van der Waals surface area contributed by atoms with Crippen LogP contribution in [0.4, 0.5) is 13.2 Å². The van der Waals surface area contributed by atoms with Crippen LogP contribution in [-0.4, -0.2) is 85.5 Å². The Morgan fingerprint density at radius 3 is 2.45 bits per heavy atom. The Labute approximate surface area is 179 Å². The number of likely N-dealkylation sites (N-methyl/N-ethyl adjacent to an activating group) is 1. The van der Waals surface area contributed by atoms with E-state index in [1.54, 1.807) is 14.2 Å². The number of carboxylic acids is 1. The summed E-state index contributed by atoms with van der Waals surface area (Å²) < 4.78 is 42.7. The number of alkyl halides is 3. The topological polar surface area (TPSA) is 79.3 Å². The van der Waals surface area contributed by atoms with Crippen molar-refractivity contribution in [2.24, 2.45) is 5.92 Å². The molecule has 2 aliphatic rings. The molecule has 2 aliphatic heterocycles. The van der Waals surface area contributed by atoms with E-state index in [1.807, 2.05) is 24.3 Å². The van der Waals surface area contributed by atoms with Gasteiger partial charge in [0.2, 0.25) is 5.91 Å². The Morgan fingerprint density at radius 1 is 1.23 bits per heavy atom. The fourth-order valence-corrected chi connectivity index (χ4v) is 4.15. The minimum absolute atomic E-state index is 0.214. The van der Waals surface area contributed by atoms with Gasteiger partial charge in [0, 0.05) is 32.7 Å². The molecule has 3 atom stereocenters. The molecule has 0 unspecified atom stereocenters. The van der Waals surface area contributed by atoms with Crippen molar-refractivity contribution in [3.63, 3.8) is 0 Å². The van der Waals surface area contributed by atoms with Crippen molar-refractivity contribution in [2.75, 3.05) is 40.4 Å². The Kier molecular flexibility index (Phi) is 8.69. The van der Waals surface area contributed by atoms with Crippen molar-refractivity contribution >= 4 is 11.9 Å². The van der Waals surface area contributed by atoms with Gasteiger partial charge in [-0.2, -0.15) is 13.2 Å². The van der Waals surface area contributed by atoms with Crippen molar-refractivity contribution in [1.29, 1.82) is 0 Å². The first-order chi connectivity index (χ1) is 14.6. The van der Waals surface area contributed by atoms with Gasteiger partial charge in [-0.3, -0.25) is 4.79 Å². The quantitative estimate of drug-likeness (QED) is 0.749. The zero-order chi connectivity index (χ0) is 23.2. The minimum Gasteiger partial charge on any atom is -0.497 e. The molecular weight excluding hydrogens is 417 g/mol. The van der Waals surface area contributed by atoms with Crippen LogP contribution < -0.4 is 4.74 Å². The Balaban J connectivity index is 0.000000423. The Morgan fingerprint density at radius 2 is 1.90 bits per heavy atom. The Bertz CT molecular complexity index is 759. The second kappa shape index (κ2) is 10.8. The van der Waals surface area contributed by atoms with Crippen LogP contribution in [0.1, 0.15) is 18.9 Å². The summed E-state index contributed by atoms with van der Waals surface area (Å²) >= 11 is 0. The lowest BCUT2D eigenvalue weighted by Crippen LogP contribution is -2.54. The molecule has 10 heteroatoms. The first-order valence-corrected chi connectivity index (χ1v) is 10.1. The molecule has 7 nitrogen and oxygen atoms in total. The molecule has 2 saturated heterocycles. The number of halogens is 3. The van der Waals surface area contributed by atoms with Gasteiger partial charge in [-0.25, -0.2) is 4.79 Å². The van der Waals surface area contributed by atoms with E-state index in [1.165, 1.54) is 0 Å². The molecule has 0 saturated carbocycles. The summed E-state index contributed by atoms with van der Waals surface area (Å²) in [5.41, 5.74) is 1.01. The molecule has 0 radical (unpaired) electrons. The number of aliphatic carboxylic acids is 1. The van der Waals surface area contributed by atoms with E-state index in [9.17, 15) is 18.0 Å². The van der Waals surface area contributed by atoms with Gasteiger partial charge < -0.3 is 24.4 Å². The summed E-state index contributed by atoms with van der Waals surface area (Å²) in [6.45, 7) is 6.00. The minimum atomic E-state index is -5.08. The third kappa shape index (κ3) is 6.57. The highest BCUT2D eigenvalue weighted by molar-refractivity contribution is 5.79. The summed E-state index contributed by atoms with van der Waals surface area (Å²) in [6, 6.07) is 8.07. The molecule has 174 valence electrons.